The number of hydrogen-bond acceptors (Lipinski definition) is 0. The molecule has 0 nitrogen and oxygen atoms in total. The van der Waals surface area contributed by atoms with Crippen molar-refractivity contribution in [2.45, 2.75) is 75.5 Å². The maximum absolute atomic E-state index is 4.04. The van der Waals surface area contributed by atoms with Crippen LogP contribution in [-0.4, -0.2) is 8.07 Å². The molecule has 2 fully saturated rings. The molecule has 0 saturated heterocycles. The number of rotatable bonds is 6. The predicted octanol–water partition coefficient (Wildman–Crippen LogP) is 6.74. The molecule has 122 valence electrons. The van der Waals surface area contributed by atoms with Gasteiger partial charge < -0.3 is 0 Å². The fourth-order valence-corrected chi connectivity index (χ4v) is 13.1. The van der Waals surface area contributed by atoms with Crippen LogP contribution in [0.1, 0.15) is 52.4 Å². The molecule has 3 aliphatic carbocycles. The Hall–Kier alpha value is -0.563. The summed E-state index contributed by atoms with van der Waals surface area (Å²) in [6.45, 7) is 9.10. The first-order valence-electron chi connectivity index (χ1n) is 9.72. The van der Waals surface area contributed by atoms with E-state index in [1.807, 2.05) is 0 Å². The van der Waals surface area contributed by atoms with E-state index in [0.717, 1.165) is 28.8 Å². The lowest BCUT2D eigenvalue weighted by atomic mass is 9.85. The van der Waals surface area contributed by atoms with Crippen LogP contribution in [0.5, 0.6) is 0 Å². The summed E-state index contributed by atoms with van der Waals surface area (Å²) in [6, 6.07) is 3.03. The zero-order valence-electron chi connectivity index (χ0n) is 14.6. The minimum Gasteiger partial charge on any atom is -0.103 e. The van der Waals surface area contributed by atoms with Crippen molar-refractivity contribution < 1.29 is 0 Å². The zero-order valence-corrected chi connectivity index (χ0v) is 15.6. The number of allylic oxidation sites excluding steroid dienone is 5. The molecule has 0 aromatic rings. The van der Waals surface area contributed by atoms with Gasteiger partial charge >= 0.3 is 0 Å². The van der Waals surface area contributed by atoms with Crippen molar-refractivity contribution in [1.82, 2.24) is 0 Å². The molecule has 1 heteroatoms. The molecule has 0 aromatic carbocycles. The molecular formula is C21H34Si. The van der Waals surface area contributed by atoms with Crippen LogP contribution in [-0.2, 0) is 0 Å². The van der Waals surface area contributed by atoms with E-state index in [2.05, 4.69) is 50.8 Å². The molecule has 0 radical (unpaired) electrons. The molecule has 0 aromatic heterocycles. The van der Waals surface area contributed by atoms with Crippen LogP contribution in [0.2, 0.25) is 23.2 Å². The SMILES string of the molecule is C=CCC1CC([Si](CC)(CC)C2CCCC2)C2C=CC=CC12. The lowest BCUT2D eigenvalue weighted by Crippen LogP contribution is -2.44. The van der Waals surface area contributed by atoms with Crippen LogP contribution in [0.15, 0.2) is 37.0 Å². The highest BCUT2D eigenvalue weighted by atomic mass is 28.3. The van der Waals surface area contributed by atoms with E-state index in [9.17, 15) is 0 Å². The molecule has 3 rings (SSSR count). The van der Waals surface area contributed by atoms with Crippen LogP contribution < -0.4 is 0 Å². The molecule has 0 N–H and O–H groups in total. The molecule has 4 atom stereocenters. The smallest absolute Gasteiger partial charge is 0.0598 e. The first kappa shape index (κ1) is 16.3. The van der Waals surface area contributed by atoms with Gasteiger partial charge in [-0.2, -0.15) is 0 Å². The summed E-state index contributed by atoms with van der Waals surface area (Å²) in [5, 5.41) is 0. The molecule has 2 saturated carbocycles. The first-order chi connectivity index (χ1) is 10.8. The summed E-state index contributed by atoms with van der Waals surface area (Å²) in [7, 11) is -1.18. The Balaban J connectivity index is 1.91. The third-order valence-corrected chi connectivity index (χ3v) is 14.4. The van der Waals surface area contributed by atoms with Crippen LogP contribution >= 0.6 is 0 Å². The van der Waals surface area contributed by atoms with Crippen molar-refractivity contribution in [1.29, 1.82) is 0 Å². The molecule has 3 aliphatic rings. The van der Waals surface area contributed by atoms with Gasteiger partial charge in [-0.25, -0.2) is 0 Å². The fraction of sp³-hybridized carbons (Fsp3) is 0.714. The Morgan fingerprint density at radius 2 is 1.68 bits per heavy atom. The Kier molecular flexibility index (Phi) is 5.12. The van der Waals surface area contributed by atoms with E-state index >= 15 is 0 Å². The van der Waals surface area contributed by atoms with E-state index in [4.69, 9.17) is 0 Å². The van der Waals surface area contributed by atoms with Gasteiger partial charge in [0.2, 0.25) is 0 Å². The van der Waals surface area contributed by atoms with Crippen LogP contribution in [0, 0.1) is 17.8 Å². The van der Waals surface area contributed by atoms with E-state index in [1.54, 1.807) is 12.8 Å². The average molecular weight is 315 g/mol. The summed E-state index contributed by atoms with van der Waals surface area (Å²) >= 11 is 0. The average Bonchev–Trinajstić information content (AvgIpc) is 3.20. The summed E-state index contributed by atoms with van der Waals surface area (Å²) in [5.41, 5.74) is 2.15. The highest BCUT2D eigenvalue weighted by Crippen LogP contribution is 2.60. The number of hydrogen-bond donors (Lipinski definition) is 0. The minimum atomic E-state index is -1.18. The molecule has 4 unspecified atom stereocenters. The van der Waals surface area contributed by atoms with Gasteiger partial charge in [0.05, 0.1) is 8.07 Å². The molecule has 0 spiro atoms. The Labute approximate surface area is 138 Å². The van der Waals surface area contributed by atoms with Crippen LogP contribution in [0.4, 0.5) is 0 Å². The van der Waals surface area contributed by atoms with Crippen molar-refractivity contribution in [2.24, 2.45) is 17.8 Å². The second kappa shape index (κ2) is 6.91. The Morgan fingerprint density at radius 3 is 2.27 bits per heavy atom. The normalized spacial score (nSPS) is 35.0. The van der Waals surface area contributed by atoms with E-state index in [-0.39, 0.29) is 0 Å². The zero-order chi connectivity index (χ0) is 15.6. The van der Waals surface area contributed by atoms with Crippen molar-refractivity contribution in [2.75, 3.05) is 0 Å². The number of fused-ring (bicyclic) bond motifs is 1. The lowest BCUT2D eigenvalue weighted by molar-refractivity contribution is 0.422. The van der Waals surface area contributed by atoms with Gasteiger partial charge in [0.15, 0.2) is 0 Å². The monoisotopic (exact) mass is 314 g/mol. The van der Waals surface area contributed by atoms with Gasteiger partial charge in [-0.15, -0.1) is 6.58 Å². The highest BCUT2D eigenvalue weighted by Gasteiger charge is 2.53. The first-order valence-corrected chi connectivity index (χ1v) is 12.3. The molecule has 0 bridgehead atoms. The topological polar surface area (TPSA) is 0 Å². The maximum Gasteiger partial charge on any atom is 0.0598 e. The molecule has 0 heterocycles. The fourth-order valence-electron chi connectivity index (χ4n) is 6.40. The predicted molar refractivity (Wildman–Crippen MR) is 101 cm³/mol. The lowest BCUT2D eigenvalue weighted by Gasteiger charge is -2.44. The standard InChI is InChI=1S/C21H34Si/c1-4-11-17-16-21(20-15-10-9-14-19(17)20)22(5-2,6-3)18-12-7-8-13-18/h4,9-10,14-15,17-21H,1,5-8,11-13,16H2,2-3H3. The van der Waals surface area contributed by atoms with Gasteiger partial charge in [0.1, 0.15) is 0 Å². The summed E-state index contributed by atoms with van der Waals surface area (Å²) < 4.78 is 0. The van der Waals surface area contributed by atoms with E-state index < -0.39 is 8.07 Å². The molecular weight excluding hydrogens is 280 g/mol. The molecule has 0 amide bonds. The van der Waals surface area contributed by atoms with Crippen molar-refractivity contribution in [3.8, 4) is 0 Å². The van der Waals surface area contributed by atoms with Crippen molar-refractivity contribution in [3.05, 3.63) is 37.0 Å². The molecule has 22 heavy (non-hydrogen) atoms. The van der Waals surface area contributed by atoms with Crippen molar-refractivity contribution >= 4 is 8.07 Å². The highest BCUT2D eigenvalue weighted by molar-refractivity contribution is 6.82. The van der Waals surface area contributed by atoms with Gasteiger partial charge in [-0.1, -0.05) is 82.0 Å². The summed E-state index contributed by atoms with van der Waals surface area (Å²) in [5.74, 6) is 2.52. The summed E-state index contributed by atoms with van der Waals surface area (Å²) in [6.07, 6.45) is 20.7. The minimum absolute atomic E-state index is 0.805. The third kappa shape index (κ3) is 2.60. The van der Waals surface area contributed by atoms with Gasteiger partial charge in [0.25, 0.3) is 0 Å². The van der Waals surface area contributed by atoms with Gasteiger partial charge in [-0.3, -0.25) is 0 Å². The second-order valence-corrected chi connectivity index (χ2v) is 13.4. The molecule has 0 aliphatic heterocycles. The third-order valence-electron chi connectivity index (χ3n) is 7.48. The van der Waals surface area contributed by atoms with E-state index in [0.29, 0.717) is 0 Å². The maximum atomic E-state index is 4.04. The van der Waals surface area contributed by atoms with Crippen LogP contribution in [0.3, 0.4) is 0 Å². The quantitative estimate of drug-likeness (QED) is 0.376. The van der Waals surface area contributed by atoms with Crippen LogP contribution in [0.25, 0.3) is 0 Å². The van der Waals surface area contributed by atoms with Gasteiger partial charge in [-0.05, 0) is 41.7 Å². The summed E-state index contributed by atoms with van der Waals surface area (Å²) in [4.78, 5) is 0. The van der Waals surface area contributed by atoms with Crippen molar-refractivity contribution in [3.63, 3.8) is 0 Å². The van der Waals surface area contributed by atoms with Gasteiger partial charge in [0, 0.05) is 0 Å². The second-order valence-electron chi connectivity index (χ2n) is 7.97. The van der Waals surface area contributed by atoms with E-state index in [1.165, 1.54) is 37.8 Å². The Bertz CT molecular complexity index is 437. The largest absolute Gasteiger partial charge is 0.103 e. The Morgan fingerprint density at radius 1 is 1.05 bits per heavy atom.